The number of aliphatic hydroxyl groups is 1. The Bertz CT molecular complexity index is 873. The van der Waals surface area contributed by atoms with Crippen LogP contribution in [0, 0.1) is 5.82 Å². The zero-order valence-electron chi connectivity index (χ0n) is 14.7. The Kier molecular flexibility index (Phi) is 4.87. The molecule has 1 unspecified atom stereocenters. The number of benzene rings is 3. The molecule has 26 heavy (non-hydrogen) atoms. The monoisotopic (exact) mass is 350 g/mol. The van der Waals surface area contributed by atoms with Gasteiger partial charge < -0.3 is 10.0 Å². The van der Waals surface area contributed by atoms with E-state index in [4.69, 9.17) is 0 Å². The van der Waals surface area contributed by atoms with Crippen molar-refractivity contribution in [2.45, 2.75) is 6.10 Å². The fourth-order valence-corrected chi connectivity index (χ4v) is 3.61. The Hall–Kier alpha value is -2.43. The molecule has 3 aromatic carbocycles. The lowest BCUT2D eigenvalue weighted by molar-refractivity contribution is 0.109. The highest BCUT2D eigenvalue weighted by Gasteiger charge is 2.20. The summed E-state index contributed by atoms with van der Waals surface area (Å²) in [5.74, 6) is -0.203. The van der Waals surface area contributed by atoms with Gasteiger partial charge in [0, 0.05) is 38.4 Å². The Labute approximate surface area is 153 Å². The lowest BCUT2D eigenvalue weighted by Gasteiger charge is -2.37. The van der Waals surface area contributed by atoms with E-state index in [0.717, 1.165) is 42.8 Å². The van der Waals surface area contributed by atoms with Crippen LogP contribution in [0.5, 0.6) is 0 Å². The van der Waals surface area contributed by atoms with Crippen molar-refractivity contribution in [3.8, 4) is 0 Å². The summed E-state index contributed by atoms with van der Waals surface area (Å²) in [6.45, 7) is 4.19. The number of fused-ring (bicyclic) bond motifs is 1. The third-order valence-electron chi connectivity index (χ3n) is 5.15. The van der Waals surface area contributed by atoms with Gasteiger partial charge in [-0.25, -0.2) is 4.39 Å². The van der Waals surface area contributed by atoms with Crippen LogP contribution in [-0.4, -0.2) is 42.7 Å². The highest BCUT2D eigenvalue weighted by molar-refractivity contribution is 5.83. The van der Waals surface area contributed by atoms with Crippen LogP contribution in [0.4, 0.5) is 10.1 Å². The van der Waals surface area contributed by atoms with Gasteiger partial charge in [0.15, 0.2) is 0 Å². The van der Waals surface area contributed by atoms with Crippen molar-refractivity contribution >= 4 is 16.5 Å². The Balaban J connectivity index is 1.36. The van der Waals surface area contributed by atoms with Crippen molar-refractivity contribution in [1.82, 2.24) is 4.90 Å². The summed E-state index contributed by atoms with van der Waals surface area (Å²) < 4.78 is 13.1. The number of nitrogens with zero attached hydrogens (tertiary/aromatic N) is 2. The van der Waals surface area contributed by atoms with Gasteiger partial charge in [0.05, 0.1) is 6.10 Å². The molecule has 0 aliphatic carbocycles. The molecule has 0 spiro atoms. The Morgan fingerprint density at radius 2 is 1.54 bits per heavy atom. The number of β-amino-alcohol motifs (C(OH)–C–C–N with tert-alkyl or cyclic N) is 1. The summed E-state index contributed by atoms with van der Waals surface area (Å²) in [6.07, 6.45) is -0.489. The summed E-state index contributed by atoms with van der Waals surface area (Å²) in [5.41, 5.74) is 2.02. The van der Waals surface area contributed by atoms with E-state index < -0.39 is 6.10 Å². The van der Waals surface area contributed by atoms with Crippen molar-refractivity contribution in [3.05, 3.63) is 78.1 Å². The zero-order valence-corrected chi connectivity index (χ0v) is 14.7. The average Bonchev–Trinajstić information content (AvgIpc) is 2.69. The Morgan fingerprint density at radius 1 is 0.846 bits per heavy atom. The second-order valence-corrected chi connectivity index (χ2v) is 6.89. The van der Waals surface area contributed by atoms with Crippen LogP contribution in [0.15, 0.2) is 66.7 Å². The maximum Gasteiger partial charge on any atom is 0.123 e. The van der Waals surface area contributed by atoms with Crippen LogP contribution in [0.25, 0.3) is 10.8 Å². The molecule has 1 N–H and O–H groups in total. The van der Waals surface area contributed by atoms with Crippen LogP contribution < -0.4 is 4.90 Å². The maximum atomic E-state index is 13.1. The molecular weight excluding hydrogens is 327 g/mol. The Morgan fingerprint density at radius 3 is 2.27 bits per heavy atom. The number of hydrogen-bond donors (Lipinski definition) is 1. The van der Waals surface area contributed by atoms with Gasteiger partial charge in [-0.1, -0.05) is 36.4 Å². The number of piperazine rings is 1. The predicted molar refractivity (Wildman–Crippen MR) is 104 cm³/mol. The minimum atomic E-state index is -0.489. The van der Waals surface area contributed by atoms with Crippen LogP contribution in [-0.2, 0) is 0 Å². The van der Waals surface area contributed by atoms with E-state index in [1.807, 2.05) is 30.3 Å². The lowest BCUT2D eigenvalue weighted by atomic mass is 10.0. The van der Waals surface area contributed by atoms with Crippen LogP contribution >= 0.6 is 0 Å². The summed E-state index contributed by atoms with van der Waals surface area (Å²) in [4.78, 5) is 4.55. The lowest BCUT2D eigenvalue weighted by Crippen LogP contribution is -2.47. The first-order valence-corrected chi connectivity index (χ1v) is 9.09. The molecule has 0 aromatic heterocycles. The first-order valence-electron chi connectivity index (χ1n) is 9.09. The second kappa shape index (κ2) is 7.44. The molecule has 0 saturated carbocycles. The van der Waals surface area contributed by atoms with Gasteiger partial charge in [0.25, 0.3) is 0 Å². The number of hydrogen-bond acceptors (Lipinski definition) is 3. The second-order valence-electron chi connectivity index (χ2n) is 6.89. The van der Waals surface area contributed by atoms with E-state index in [1.165, 1.54) is 17.5 Å². The largest absolute Gasteiger partial charge is 0.387 e. The average molecular weight is 350 g/mol. The molecule has 134 valence electrons. The molecule has 1 saturated heterocycles. The van der Waals surface area contributed by atoms with E-state index in [0.29, 0.717) is 6.54 Å². The SMILES string of the molecule is OC(CN1CCN(c2ccc(F)cc2)CC1)c1ccc2ccccc2c1. The van der Waals surface area contributed by atoms with Crippen molar-refractivity contribution in [3.63, 3.8) is 0 Å². The van der Waals surface area contributed by atoms with Gasteiger partial charge in [-0.15, -0.1) is 0 Å². The molecule has 1 heterocycles. The molecule has 4 heteroatoms. The van der Waals surface area contributed by atoms with Gasteiger partial charge in [-0.05, 0) is 46.7 Å². The zero-order chi connectivity index (χ0) is 17.9. The smallest absolute Gasteiger partial charge is 0.123 e. The molecule has 3 aromatic rings. The minimum Gasteiger partial charge on any atom is -0.387 e. The van der Waals surface area contributed by atoms with E-state index in [2.05, 4.69) is 34.1 Å². The van der Waals surface area contributed by atoms with Gasteiger partial charge in [0.1, 0.15) is 5.82 Å². The van der Waals surface area contributed by atoms with E-state index in [9.17, 15) is 9.50 Å². The normalized spacial score (nSPS) is 16.8. The molecule has 0 radical (unpaired) electrons. The van der Waals surface area contributed by atoms with Crippen molar-refractivity contribution in [2.75, 3.05) is 37.6 Å². The number of halogens is 1. The molecular formula is C22H23FN2O. The highest BCUT2D eigenvalue weighted by Crippen LogP contribution is 2.22. The molecule has 3 nitrogen and oxygen atoms in total. The van der Waals surface area contributed by atoms with Gasteiger partial charge in [-0.3, -0.25) is 4.90 Å². The van der Waals surface area contributed by atoms with Crippen molar-refractivity contribution in [1.29, 1.82) is 0 Å². The van der Waals surface area contributed by atoms with E-state index in [1.54, 1.807) is 0 Å². The summed E-state index contributed by atoms with van der Waals surface area (Å²) in [7, 11) is 0. The summed E-state index contributed by atoms with van der Waals surface area (Å²) in [6, 6.07) is 21.0. The summed E-state index contributed by atoms with van der Waals surface area (Å²) in [5, 5.41) is 13.0. The quantitative estimate of drug-likeness (QED) is 0.775. The minimum absolute atomic E-state index is 0.203. The first kappa shape index (κ1) is 17.0. The van der Waals surface area contributed by atoms with Crippen molar-refractivity contribution < 1.29 is 9.50 Å². The molecule has 4 rings (SSSR count). The fraction of sp³-hybridized carbons (Fsp3) is 0.273. The molecule has 1 fully saturated rings. The molecule has 0 amide bonds. The first-order chi connectivity index (χ1) is 12.7. The van der Waals surface area contributed by atoms with Gasteiger partial charge >= 0.3 is 0 Å². The topological polar surface area (TPSA) is 26.7 Å². The fourth-order valence-electron chi connectivity index (χ4n) is 3.61. The highest BCUT2D eigenvalue weighted by atomic mass is 19.1. The van der Waals surface area contributed by atoms with Crippen LogP contribution in [0.2, 0.25) is 0 Å². The number of aliphatic hydroxyl groups excluding tert-OH is 1. The van der Waals surface area contributed by atoms with Gasteiger partial charge in [0.2, 0.25) is 0 Å². The third kappa shape index (κ3) is 3.71. The van der Waals surface area contributed by atoms with Crippen molar-refractivity contribution in [2.24, 2.45) is 0 Å². The summed E-state index contributed by atoms with van der Waals surface area (Å²) >= 11 is 0. The van der Waals surface area contributed by atoms with Crippen LogP contribution in [0.1, 0.15) is 11.7 Å². The molecule has 0 bridgehead atoms. The van der Waals surface area contributed by atoms with Crippen LogP contribution in [0.3, 0.4) is 0 Å². The maximum absolute atomic E-state index is 13.1. The predicted octanol–water partition coefficient (Wildman–Crippen LogP) is 3.83. The molecule has 1 atom stereocenters. The van der Waals surface area contributed by atoms with E-state index >= 15 is 0 Å². The van der Waals surface area contributed by atoms with E-state index in [-0.39, 0.29) is 5.82 Å². The third-order valence-corrected chi connectivity index (χ3v) is 5.15. The molecule has 1 aliphatic heterocycles. The van der Waals surface area contributed by atoms with Gasteiger partial charge in [-0.2, -0.15) is 0 Å². The standard InChI is InChI=1S/C22H23FN2O/c23-20-7-9-21(10-8-20)25-13-11-24(12-14-25)16-22(26)19-6-5-17-3-1-2-4-18(17)15-19/h1-10,15,22,26H,11-14,16H2. The number of rotatable bonds is 4. The molecule has 1 aliphatic rings. The number of anilines is 1.